The van der Waals surface area contributed by atoms with E-state index in [0.717, 1.165) is 31.4 Å². The number of rotatable bonds is 6. The molecule has 9 heteroatoms. The summed E-state index contributed by atoms with van der Waals surface area (Å²) in [7, 11) is 0. The summed E-state index contributed by atoms with van der Waals surface area (Å²) in [5.74, 6) is -0.0489. The smallest absolute Gasteiger partial charge is 0.416 e. The second-order valence-corrected chi connectivity index (χ2v) is 6.36. The van der Waals surface area contributed by atoms with Gasteiger partial charge in [-0.2, -0.15) is 13.2 Å². The van der Waals surface area contributed by atoms with Crippen molar-refractivity contribution in [3.8, 4) is 5.75 Å². The fourth-order valence-corrected chi connectivity index (χ4v) is 2.82. The molecule has 1 aromatic rings. The molecule has 1 saturated carbocycles. The Hall–Kier alpha value is -1.51. The molecule has 148 valence electrons. The molecule has 0 bridgehead atoms. The van der Waals surface area contributed by atoms with Gasteiger partial charge in [0.25, 0.3) is 0 Å². The third-order valence-corrected chi connectivity index (χ3v) is 4.22. The van der Waals surface area contributed by atoms with Crippen LogP contribution in [0, 0.1) is 5.92 Å². The van der Waals surface area contributed by atoms with E-state index in [-0.39, 0.29) is 49.2 Å². The Morgan fingerprint density at radius 3 is 2.54 bits per heavy atom. The molecule has 1 amide bonds. The van der Waals surface area contributed by atoms with Crippen LogP contribution < -0.4 is 15.8 Å². The van der Waals surface area contributed by atoms with Crippen molar-refractivity contribution in [3.63, 3.8) is 0 Å². The minimum absolute atomic E-state index is 0. The molecule has 1 fully saturated rings. The summed E-state index contributed by atoms with van der Waals surface area (Å²) in [5, 5.41) is 12.5. The fourth-order valence-electron chi connectivity index (χ4n) is 2.82. The Kier molecular flexibility index (Phi) is 8.66. The normalized spacial score (nSPS) is 21.4. The maximum atomic E-state index is 12.5. The molecule has 5 nitrogen and oxygen atoms in total. The van der Waals surface area contributed by atoms with Crippen molar-refractivity contribution >= 4 is 18.3 Å². The van der Waals surface area contributed by atoms with E-state index >= 15 is 0 Å². The Bertz CT molecular complexity index is 569. The van der Waals surface area contributed by atoms with Crippen LogP contribution in [0.25, 0.3) is 0 Å². The van der Waals surface area contributed by atoms with Gasteiger partial charge in [0.05, 0.1) is 5.56 Å². The number of nitrogens with one attached hydrogen (secondary N) is 1. The van der Waals surface area contributed by atoms with Crippen molar-refractivity contribution in [2.75, 3.05) is 13.2 Å². The minimum Gasteiger partial charge on any atom is -0.491 e. The van der Waals surface area contributed by atoms with Crippen LogP contribution in [0.2, 0.25) is 0 Å². The van der Waals surface area contributed by atoms with Gasteiger partial charge in [-0.25, -0.2) is 0 Å². The number of nitrogens with two attached hydrogens (primary N) is 1. The highest BCUT2D eigenvalue weighted by Crippen LogP contribution is 2.30. The summed E-state index contributed by atoms with van der Waals surface area (Å²) in [6.07, 6.45) is -2.08. The van der Waals surface area contributed by atoms with Gasteiger partial charge in [0.1, 0.15) is 18.5 Å². The molecule has 1 aliphatic rings. The van der Waals surface area contributed by atoms with Crippen molar-refractivity contribution in [1.29, 1.82) is 0 Å². The number of hydrogen-bond acceptors (Lipinski definition) is 4. The number of ether oxygens (including phenoxy) is 1. The zero-order valence-electron chi connectivity index (χ0n) is 14.2. The average Bonchev–Trinajstić information content (AvgIpc) is 2.57. The number of carbonyl (C=O) groups excluding carboxylic acids is 1. The van der Waals surface area contributed by atoms with Gasteiger partial charge in [-0.05, 0) is 43.5 Å². The van der Waals surface area contributed by atoms with Crippen LogP contribution in [0.3, 0.4) is 0 Å². The summed E-state index contributed by atoms with van der Waals surface area (Å²) in [6, 6.07) is 4.25. The quantitative estimate of drug-likeness (QED) is 0.689. The van der Waals surface area contributed by atoms with Gasteiger partial charge in [-0.1, -0.05) is 6.42 Å². The monoisotopic (exact) mass is 396 g/mol. The van der Waals surface area contributed by atoms with Crippen molar-refractivity contribution in [1.82, 2.24) is 5.32 Å². The Morgan fingerprint density at radius 1 is 1.31 bits per heavy atom. The van der Waals surface area contributed by atoms with Gasteiger partial charge in [0.2, 0.25) is 5.91 Å². The first kappa shape index (κ1) is 22.5. The standard InChI is InChI=1S/C17H23F3N2O3.ClH/c18-17(19,20)12-4-6-15(7-5-12)25-10-14(23)9-22-16(24)11-2-1-3-13(21)8-11;/h4-7,11,13-14,23H,1-3,8-10,21H2,(H,22,24);1H. The molecular formula is C17H24ClF3N2O3. The summed E-state index contributed by atoms with van der Waals surface area (Å²) in [4.78, 5) is 12.0. The van der Waals surface area contributed by atoms with Crippen molar-refractivity contribution in [3.05, 3.63) is 29.8 Å². The first-order valence-corrected chi connectivity index (χ1v) is 8.27. The van der Waals surface area contributed by atoms with E-state index in [2.05, 4.69) is 5.32 Å². The van der Waals surface area contributed by atoms with E-state index in [0.29, 0.717) is 6.42 Å². The Labute approximate surface area is 156 Å². The minimum atomic E-state index is -4.40. The number of aliphatic hydroxyl groups is 1. The number of alkyl halides is 3. The molecule has 0 aliphatic heterocycles. The molecule has 3 atom stereocenters. The largest absolute Gasteiger partial charge is 0.491 e. The van der Waals surface area contributed by atoms with Crippen molar-refractivity contribution in [2.45, 2.75) is 44.0 Å². The van der Waals surface area contributed by atoms with Crippen LogP contribution in [0.15, 0.2) is 24.3 Å². The highest BCUT2D eigenvalue weighted by molar-refractivity contribution is 5.85. The predicted molar refractivity (Wildman–Crippen MR) is 93.1 cm³/mol. The molecule has 1 aromatic carbocycles. The van der Waals surface area contributed by atoms with Crippen molar-refractivity contribution in [2.24, 2.45) is 11.7 Å². The summed E-state index contributed by atoms with van der Waals surface area (Å²) in [6.45, 7) is -0.110. The summed E-state index contributed by atoms with van der Waals surface area (Å²) in [5.41, 5.74) is 5.08. The lowest BCUT2D eigenvalue weighted by atomic mass is 9.85. The number of hydrogen-bond donors (Lipinski definition) is 3. The topological polar surface area (TPSA) is 84.6 Å². The number of carbonyl (C=O) groups is 1. The van der Waals surface area contributed by atoms with Crippen LogP contribution in [0.5, 0.6) is 5.75 Å². The van der Waals surface area contributed by atoms with Crippen LogP contribution in [0.1, 0.15) is 31.2 Å². The van der Waals surface area contributed by atoms with E-state index in [4.69, 9.17) is 10.5 Å². The Balaban J connectivity index is 0.00000338. The molecule has 0 heterocycles. The first-order chi connectivity index (χ1) is 11.8. The number of benzene rings is 1. The highest BCUT2D eigenvalue weighted by atomic mass is 35.5. The van der Waals surface area contributed by atoms with E-state index in [1.807, 2.05) is 0 Å². The maximum Gasteiger partial charge on any atom is 0.416 e. The van der Waals surface area contributed by atoms with Crippen LogP contribution in [-0.4, -0.2) is 36.3 Å². The zero-order chi connectivity index (χ0) is 18.4. The van der Waals surface area contributed by atoms with E-state index < -0.39 is 17.8 Å². The predicted octanol–water partition coefficient (Wildman–Crippen LogP) is 2.50. The molecule has 0 saturated heterocycles. The molecule has 0 radical (unpaired) electrons. The molecule has 1 aliphatic carbocycles. The number of aliphatic hydroxyl groups excluding tert-OH is 1. The van der Waals surface area contributed by atoms with Crippen LogP contribution in [0.4, 0.5) is 13.2 Å². The van der Waals surface area contributed by atoms with Gasteiger partial charge in [0.15, 0.2) is 0 Å². The number of amides is 1. The lowest BCUT2D eigenvalue weighted by Crippen LogP contribution is -2.41. The highest BCUT2D eigenvalue weighted by Gasteiger charge is 2.30. The summed E-state index contributed by atoms with van der Waals surface area (Å²) >= 11 is 0. The molecule has 0 spiro atoms. The second kappa shape index (κ2) is 9.99. The summed E-state index contributed by atoms with van der Waals surface area (Å²) < 4.78 is 42.6. The number of halogens is 4. The second-order valence-electron chi connectivity index (χ2n) is 6.36. The molecular weight excluding hydrogens is 373 g/mol. The molecule has 0 aromatic heterocycles. The molecule has 26 heavy (non-hydrogen) atoms. The molecule has 4 N–H and O–H groups in total. The first-order valence-electron chi connectivity index (χ1n) is 8.27. The van der Waals surface area contributed by atoms with Crippen LogP contribution >= 0.6 is 12.4 Å². The zero-order valence-corrected chi connectivity index (χ0v) is 15.0. The Morgan fingerprint density at radius 2 is 1.96 bits per heavy atom. The van der Waals surface area contributed by atoms with E-state index in [1.165, 1.54) is 12.1 Å². The van der Waals surface area contributed by atoms with Gasteiger partial charge in [0, 0.05) is 18.5 Å². The average molecular weight is 397 g/mol. The lowest BCUT2D eigenvalue weighted by Gasteiger charge is -2.26. The van der Waals surface area contributed by atoms with Gasteiger partial charge < -0.3 is 20.9 Å². The third kappa shape index (κ3) is 7.01. The third-order valence-electron chi connectivity index (χ3n) is 4.22. The van der Waals surface area contributed by atoms with Gasteiger partial charge >= 0.3 is 6.18 Å². The molecule has 2 rings (SSSR count). The van der Waals surface area contributed by atoms with Crippen molar-refractivity contribution < 1.29 is 27.8 Å². The van der Waals surface area contributed by atoms with Crippen LogP contribution in [-0.2, 0) is 11.0 Å². The van der Waals surface area contributed by atoms with E-state index in [9.17, 15) is 23.1 Å². The lowest BCUT2D eigenvalue weighted by molar-refractivity contribution is -0.137. The maximum absolute atomic E-state index is 12.5. The SMILES string of the molecule is Cl.NC1CCCC(C(=O)NCC(O)COc2ccc(C(F)(F)F)cc2)C1. The fraction of sp³-hybridized carbons (Fsp3) is 0.588. The van der Waals surface area contributed by atoms with Gasteiger partial charge in [-0.15, -0.1) is 12.4 Å². The van der Waals surface area contributed by atoms with E-state index in [1.54, 1.807) is 0 Å². The van der Waals surface area contributed by atoms with Gasteiger partial charge in [-0.3, -0.25) is 4.79 Å². The molecule has 3 unspecified atom stereocenters.